The lowest BCUT2D eigenvalue weighted by molar-refractivity contribution is 0.0944. The first-order chi connectivity index (χ1) is 9.19. The normalized spacial score (nSPS) is 17.7. The minimum Gasteiger partial charge on any atom is -0.396 e. The number of rotatable bonds is 4. The number of nitriles is 1. The number of nitrogens with one attached hydrogen (secondary N) is 1. The van der Waals surface area contributed by atoms with Crippen LogP contribution < -0.4 is 5.32 Å². The number of anilines is 1. The molecule has 19 heavy (non-hydrogen) atoms. The largest absolute Gasteiger partial charge is 0.396 e. The predicted octanol–water partition coefficient (Wildman–Crippen LogP) is 3.57. The van der Waals surface area contributed by atoms with Crippen LogP contribution in [0.2, 0.25) is 5.02 Å². The van der Waals surface area contributed by atoms with Crippen molar-refractivity contribution >= 4 is 17.3 Å². The van der Waals surface area contributed by atoms with E-state index in [0.717, 1.165) is 25.1 Å². The Morgan fingerprint density at radius 3 is 2.63 bits per heavy atom. The van der Waals surface area contributed by atoms with Gasteiger partial charge in [-0.15, -0.1) is 0 Å². The zero-order valence-corrected chi connectivity index (χ0v) is 11.7. The topological polar surface area (TPSA) is 56.0 Å². The molecule has 0 aromatic heterocycles. The van der Waals surface area contributed by atoms with Crippen LogP contribution in [0, 0.1) is 16.7 Å². The highest BCUT2D eigenvalue weighted by molar-refractivity contribution is 6.33. The predicted molar refractivity (Wildman–Crippen MR) is 77.3 cm³/mol. The van der Waals surface area contributed by atoms with E-state index in [4.69, 9.17) is 16.9 Å². The SMILES string of the molecule is N#Cc1ccc(NCC2(CO)CCCCC2)c(Cl)c1. The van der Waals surface area contributed by atoms with Crippen LogP contribution in [0.5, 0.6) is 0 Å². The monoisotopic (exact) mass is 278 g/mol. The van der Waals surface area contributed by atoms with E-state index in [0.29, 0.717) is 10.6 Å². The van der Waals surface area contributed by atoms with E-state index in [1.165, 1.54) is 19.3 Å². The van der Waals surface area contributed by atoms with Gasteiger partial charge in [0.1, 0.15) is 0 Å². The van der Waals surface area contributed by atoms with Crippen LogP contribution in [0.4, 0.5) is 5.69 Å². The molecule has 4 heteroatoms. The van der Waals surface area contributed by atoms with Crippen molar-refractivity contribution in [3.63, 3.8) is 0 Å². The standard InChI is InChI=1S/C15H19ClN2O/c16-13-8-12(9-17)4-5-14(13)18-10-15(11-19)6-2-1-3-7-15/h4-5,8,18-19H,1-3,6-7,10-11H2. The summed E-state index contributed by atoms with van der Waals surface area (Å²) in [7, 11) is 0. The lowest BCUT2D eigenvalue weighted by Crippen LogP contribution is -2.35. The van der Waals surface area contributed by atoms with Gasteiger partial charge in [-0.2, -0.15) is 5.26 Å². The summed E-state index contributed by atoms with van der Waals surface area (Å²) in [6, 6.07) is 7.31. The number of hydrogen-bond donors (Lipinski definition) is 2. The first kappa shape index (κ1) is 14.2. The summed E-state index contributed by atoms with van der Waals surface area (Å²) < 4.78 is 0. The highest BCUT2D eigenvalue weighted by atomic mass is 35.5. The summed E-state index contributed by atoms with van der Waals surface area (Å²) in [6.45, 7) is 0.947. The molecule has 1 aromatic rings. The maximum Gasteiger partial charge on any atom is 0.0992 e. The molecule has 0 unspecified atom stereocenters. The summed E-state index contributed by atoms with van der Waals surface area (Å²) in [5, 5.41) is 22.3. The lowest BCUT2D eigenvalue weighted by Gasteiger charge is -2.36. The van der Waals surface area contributed by atoms with Crippen molar-refractivity contribution in [3.8, 4) is 6.07 Å². The number of aliphatic hydroxyl groups is 1. The molecule has 0 saturated heterocycles. The molecule has 1 saturated carbocycles. The zero-order valence-electron chi connectivity index (χ0n) is 11.0. The Labute approximate surface area is 119 Å². The summed E-state index contributed by atoms with van der Waals surface area (Å²) >= 11 is 6.14. The molecular formula is C15H19ClN2O. The fourth-order valence-corrected chi connectivity index (χ4v) is 2.95. The van der Waals surface area contributed by atoms with Crippen LogP contribution in [0.15, 0.2) is 18.2 Å². The second-order valence-corrected chi connectivity index (χ2v) is 5.79. The Bertz CT molecular complexity index is 476. The van der Waals surface area contributed by atoms with Gasteiger partial charge in [-0.05, 0) is 31.0 Å². The van der Waals surface area contributed by atoms with Gasteiger partial charge >= 0.3 is 0 Å². The van der Waals surface area contributed by atoms with Crippen molar-refractivity contribution < 1.29 is 5.11 Å². The van der Waals surface area contributed by atoms with Crippen molar-refractivity contribution in [3.05, 3.63) is 28.8 Å². The van der Waals surface area contributed by atoms with Gasteiger partial charge in [0.05, 0.1) is 28.9 Å². The van der Waals surface area contributed by atoms with Crippen LogP contribution in [-0.4, -0.2) is 18.3 Å². The van der Waals surface area contributed by atoms with Gasteiger partial charge in [0.25, 0.3) is 0 Å². The molecule has 0 radical (unpaired) electrons. The van der Waals surface area contributed by atoms with E-state index in [-0.39, 0.29) is 12.0 Å². The van der Waals surface area contributed by atoms with Gasteiger partial charge in [0.2, 0.25) is 0 Å². The molecule has 1 fully saturated rings. The van der Waals surface area contributed by atoms with E-state index in [1.54, 1.807) is 12.1 Å². The van der Waals surface area contributed by atoms with Crippen molar-refractivity contribution in [1.82, 2.24) is 0 Å². The third-order valence-corrected chi connectivity index (χ3v) is 4.31. The summed E-state index contributed by atoms with van der Waals surface area (Å²) in [5.41, 5.74) is 1.37. The molecule has 0 bridgehead atoms. The fraction of sp³-hybridized carbons (Fsp3) is 0.533. The summed E-state index contributed by atoms with van der Waals surface area (Å²) in [5.74, 6) is 0. The molecule has 0 aliphatic heterocycles. The molecule has 2 rings (SSSR count). The highest BCUT2D eigenvalue weighted by Gasteiger charge is 2.31. The van der Waals surface area contributed by atoms with Crippen LogP contribution in [0.25, 0.3) is 0 Å². The molecule has 0 amide bonds. The quantitative estimate of drug-likeness (QED) is 0.885. The van der Waals surface area contributed by atoms with E-state index in [2.05, 4.69) is 11.4 Å². The first-order valence-corrected chi connectivity index (χ1v) is 7.11. The Balaban J connectivity index is 2.03. The lowest BCUT2D eigenvalue weighted by atomic mass is 9.74. The van der Waals surface area contributed by atoms with Crippen LogP contribution >= 0.6 is 11.6 Å². The highest BCUT2D eigenvalue weighted by Crippen LogP contribution is 2.36. The molecule has 3 nitrogen and oxygen atoms in total. The van der Waals surface area contributed by atoms with Gasteiger partial charge < -0.3 is 10.4 Å². The van der Waals surface area contributed by atoms with Gasteiger partial charge in [-0.1, -0.05) is 30.9 Å². The molecule has 102 valence electrons. The Morgan fingerprint density at radius 1 is 1.32 bits per heavy atom. The molecule has 2 N–H and O–H groups in total. The second-order valence-electron chi connectivity index (χ2n) is 5.38. The molecular weight excluding hydrogens is 260 g/mol. The maximum absolute atomic E-state index is 9.65. The number of halogens is 1. The number of nitrogens with zero attached hydrogens (tertiary/aromatic N) is 1. The molecule has 0 heterocycles. The minimum absolute atomic E-state index is 0.0184. The van der Waals surface area contributed by atoms with Crippen molar-refractivity contribution in [2.75, 3.05) is 18.5 Å². The second kappa shape index (κ2) is 6.27. The van der Waals surface area contributed by atoms with Crippen molar-refractivity contribution in [1.29, 1.82) is 5.26 Å². The molecule has 0 atom stereocenters. The Morgan fingerprint density at radius 2 is 2.05 bits per heavy atom. The third kappa shape index (κ3) is 3.40. The van der Waals surface area contributed by atoms with Gasteiger partial charge in [-0.3, -0.25) is 0 Å². The zero-order chi connectivity index (χ0) is 13.7. The first-order valence-electron chi connectivity index (χ1n) is 6.73. The number of aliphatic hydroxyl groups excluding tert-OH is 1. The summed E-state index contributed by atoms with van der Waals surface area (Å²) in [6.07, 6.45) is 5.75. The Hall–Kier alpha value is -1.24. The van der Waals surface area contributed by atoms with Gasteiger partial charge in [0.15, 0.2) is 0 Å². The van der Waals surface area contributed by atoms with Crippen LogP contribution in [0.1, 0.15) is 37.7 Å². The van der Waals surface area contributed by atoms with E-state index >= 15 is 0 Å². The van der Waals surface area contributed by atoms with Crippen molar-refractivity contribution in [2.45, 2.75) is 32.1 Å². The van der Waals surface area contributed by atoms with Crippen molar-refractivity contribution in [2.24, 2.45) is 5.41 Å². The fourth-order valence-electron chi connectivity index (χ4n) is 2.70. The number of hydrogen-bond acceptors (Lipinski definition) is 3. The molecule has 0 spiro atoms. The van der Waals surface area contributed by atoms with Crippen LogP contribution in [-0.2, 0) is 0 Å². The van der Waals surface area contributed by atoms with E-state index in [1.807, 2.05) is 6.07 Å². The third-order valence-electron chi connectivity index (χ3n) is 4.00. The molecule has 1 aromatic carbocycles. The maximum atomic E-state index is 9.65. The van der Waals surface area contributed by atoms with Gasteiger partial charge in [0, 0.05) is 12.0 Å². The van der Waals surface area contributed by atoms with E-state index < -0.39 is 0 Å². The minimum atomic E-state index is -0.0184. The van der Waals surface area contributed by atoms with Crippen LogP contribution in [0.3, 0.4) is 0 Å². The molecule has 1 aliphatic carbocycles. The Kier molecular flexibility index (Phi) is 4.68. The average molecular weight is 279 g/mol. The summed E-state index contributed by atoms with van der Waals surface area (Å²) in [4.78, 5) is 0. The van der Waals surface area contributed by atoms with E-state index in [9.17, 15) is 5.11 Å². The number of benzene rings is 1. The van der Waals surface area contributed by atoms with Gasteiger partial charge in [-0.25, -0.2) is 0 Å². The average Bonchev–Trinajstić information content (AvgIpc) is 2.47. The molecule has 1 aliphatic rings. The smallest absolute Gasteiger partial charge is 0.0992 e.